The van der Waals surface area contributed by atoms with Crippen LogP contribution in [0.25, 0.3) is 0 Å². The fourth-order valence-corrected chi connectivity index (χ4v) is 2.14. The van der Waals surface area contributed by atoms with Gasteiger partial charge in [0.25, 0.3) is 0 Å². The molecule has 3 nitrogen and oxygen atoms in total. The molecule has 1 N–H and O–H groups in total. The topological polar surface area (TPSA) is 47.3 Å². The van der Waals surface area contributed by atoms with Crippen LogP contribution in [0.5, 0.6) is 5.75 Å². The van der Waals surface area contributed by atoms with Gasteiger partial charge in [0.1, 0.15) is 5.75 Å². The molecule has 15 heavy (non-hydrogen) atoms. The average Bonchev–Trinajstić information content (AvgIpc) is 2.68. The van der Waals surface area contributed by atoms with Crippen molar-refractivity contribution in [2.45, 2.75) is 25.3 Å². The minimum Gasteiger partial charge on any atom is -0.508 e. The van der Waals surface area contributed by atoms with Crippen molar-refractivity contribution in [3.8, 4) is 11.8 Å². The molecule has 1 saturated heterocycles. The van der Waals surface area contributed by atoms with Crippen molar-refractivity contribution in [3.63, 3.8) is 0 Å². The molecule has 0 spiro atoms. The van der Waals surface area contributed by atoms with Gasteiger partial charge < -0.3 is 10.0 Å². The Hall–Kier alpha value is -1.69. The molecule has 1 atom stereocenters. The Morgan fingerprint density at radius 2 is 2.13 bits per heavy atom. The number of nitriles is 1. The normalized spacial score (nSPS) is 20.2. The fourth-order valence-electron chi connectivity index (χ4n) is 2.14. The maximum Gasteiger partial charge on any atom is 0.115 e. The molecule has 1 fully saturated rings. The standard InChI is InChI=1S/C12H14N2O/c13-8-7-10-2-1-9-14(10)11-3-5-12(15)6-4-11/h3-6,10,15H,1-2,7,9H2. The Labute approximate surface area is 89.6 Å². The molecule has 0 aliphatic carbocycles. The summed E-state index contributed by atoms with van der Waals surface area (Å²) in [7, 11) is 0. The summed E-state index contributed by atoms with van der Waals surface area (Å²) >= 11 is 0. The minimum atomic E-state index is 0.287. The molecule has 3 heteroatoms. The lowest BCUT2D eigenvalue weighted by Gasteiger charge is -2.24. The molecule has 1 aromatic carbocycles. The van der Waals surface area contributed by atoms with Crippen LogP contribution < -0.4 is 4.90 Å². The first-order valence-electron chi connectivity index (χ1n) is 5.24. The van der Waals surface area contributed by atoms with E-state index in [4.69, 9.17) is 5.26 Å². The molecular formula is C12H14N2O. The van der Waals surface area contributed by atoms with E-state index < -0.39 is 0 Å². The lowest BCUT2D eigenvalue weighted by atomic mass is 10.1. The zero-order valence-corrected chi connectivity index (χ0v) is 8.56. The van der Waals surface area contributed by atoms with E-state index in [0.717, 1.165) is 25.1 Å². The largest absolute Gasteiger partial charge is 0.508 e. The Bertz CT molecular complexity index is 366. The van der Waals surface area contributed by atoms with Crippen molar-refractivity contribution in [1.82, 2.24) is 0 Å². The van der Waals surface area contributed by atoms with Gasteiger partial charge in [-0.1, -0.05) is 0 Å². The Morgan fingerprint density at radius 1 is 1.40 bits per heavy atom. The van der Waals surface area contributed by atoms with Crippen LogP contribution in [0.2, 0.25) is 0 Å². The highest BCUT2D eigenvalue weighted by Gasteiger charge is 2.24. The Balaban J connectivity index is 2.16. The zero-order chi connectivity index (χ0) is 10.7. The first kappa shape index (κ1) is 9.85. The molecule has 0 aromatic heterocycles. The molecule has 1 aromatic rings. The van der Waals surface area contributed by atoms with Crippen LogP contribution in [0.1, 0.15) is 19.3 Å². The zero-order valence-electron chi connectivity index (χ0n) is 8.56. The Morgan fingerprint density at radius 3 is 2.80 bits per heavy atom. The van der Waals surface area contributed by atoms with Gasteiger partial charge in [-0.05, 0) is 37.1 Å². The van der Waals surface area contributed by atoms with Crippen LogP contribution in [-0.4, -0.2) is 17.7 Å². The molecule has 0 bridgehead atoms. The van der Waals surface area contributed by atoms with Gasteiger partial charge in [0.2, 0.25) is 0 Å². The molecule has 0 radical (unpaired) electrons. The highest BCUT2D eigenvalue weighted by Crippen LogP contribution is 2.28. The third kappa shape index (κ3) is 2.04. The van der Waals surface area contributed by atoms with Crippen molar-refractivity contribution in [2.75, 3.05) is 11.4 Å². The van der Waals surface area contributed by atoms with Crippen molar-refractivity contribution in [1.29, 1.82) is 5.26 Å². The lowest BCUT2D eigenvalue weighted by Crippen LogP contribution is -2.28. The van der Waals surface area contributed by atoms with E-state index in [1.807, 2.05) is 12.1 Å². The van der Waals surface area contributed by atoms with E-state index in [-0.39, 0.29) is 5.75 Å². The third-order valence-electron chi connectivity index (χ3n) is 2.89. The van der Waals surface area contributed by atoms with Crippen molar-refractivity contribution in [3.05, 3.63) is 24.3 Å². The Kier molecular flexibility index (Phi) is 2.77. The molecule has 78 valence electrons. The van der Waals surface area contributed by atoms with Crippen molar-refractivity contribution in [2.24, 2.45) is 0 Å². The molecule has 1 aliphatic rings. The number of rotatable bonds is 2. The number of nitrogens with zero attached hydrogens (tertiary/aromatic N) is 2. The number of anilines is 1. The molecule has 1 heterocycles. The van der Waals surface area contributed by atoms with E-state index in [1.165, 1.54) is 0 Å². The first-order chi connectivity index (χ1) is 7.31. The summed E-state index contributed by atoms with van der Waals surface area (Å²) in [6.07, 6.45) is 2.82. The summed E-state index contributed by atoms with van der Waals surface area (Å²) in [6.45, 7) is 1.01. The predicted octanol–water partition coefficient (Wildman–Crippen LogP) is 2.27. The van der Waals surface area contributed by atoms with Crippen LogP contribution in [0.4, 0.5) is 5.69 Å². The molecule has 1 aliphatic heterocycles. The first-order valence-corrected chi connectivity index (χ1v) is 5.24. The number of aromatic hydroxyl groups is 1. The summed E-state index contributed by atoms with van der Waals surface area (Å²) in [5, 5.41) is 17.9. The van der Waals surface area contributed by atoms with Gasteiger partial charge in [0, 0.05) is 18.3 Å². The number of hydrogen-bond acceptors (Lipinski definition) is 3. The van der Waals surface area contributed by atoms with Crippen molar-refractivity contribution < 1.29 is 5.11 Å². The van der Waals surface area contributed by atoms with Gasteiger partial charge >= 0.3 is 0 Å². The van der Waals surface area contributed by atoms with Crippen molar-refractivity contribution >= 4 is 5.69 Å². The summed E-state index contributed by atoms with van der Waals surface area (Å²) in [4.78, 5) is 2.25. The van der Waals surface area contributed by atoms with Gasteiger partial charge in [-0.3, -0.25) is 0 Å². The van der Waals surface area contributed by atoms with Crippen LogP contribution in [0.3, 0.4) is 0 Å². The van der Waals surface area contributed by atoms with Crippen LogP contribution in [0.15, 0.2) is 24.3 Å². The monoisotopic (exact) mass is 202 g/mol. The number of phenols is 1. The maximum absolute atomic E-state index is 9.20. The quantitative estimate of drug-likeness (QED) is 0.800. The summed E-state index contributed by atoms with van der Waals surface area (Å²) < 4.78 is 0. The lowest BCUT2D eigenvalue weighted by molar-refractivity contribution is 0.475. The third-order valence-corrected chi connectivity index (χ3v) is 2.89. The van der Waals surface area contributed by atoms with Gasteiger partial charge in [-0.15, -0.1) is 0 Å². The van der Waals surface area contributed by atoms with E-state index >= 15 is 0 Å². The van der Waals surface area contributed by atoms with E-state index in [1.54, 1.807) is 12.1 Å². The summed E-state index contributed by atoms with van der Waals surface area (Å²) in [6, 6.07) is 9.78. The highest BCUT2D eigenvalue weighted by atomic mass is 16.3. The van der Waals surface area contributed by atoms with Crippen LogP contribution in [0, 0.1) is 11.3 Å². The predicted molar refractivity (Wildman–Crippen MR) is 58.7 cm³/mol. The molecule has 0 amide bonds. The smallest absolute Gasteiger partial charge is 0.115 e. The molecular weight excluding hydrogens is 188 g/mol. The minimum absolute atomic E-state index is 0.287. The molecule has 1 unspecified atom stereocenters. The second kappa shape index (κ2) is 4.22. The van der Waals surface area contributed by atoms with Gasteiger partial charge in [-0.25, -0.2) is 0 Å². The highest BCUT2D eigenvalue weighted by molar-refractivity contribution is 5.50. The van der Waals surface area contributed by atoms with Gasteiger partial charge in [-0.2, -0.15) is 5.26 Å². The number of phenolic OH excluding ortho intramolecular Hbond substituents is 1. The van der Waals surface area contributed by atoms with Gasteiger partial charge in [0.05, 0.1) is 12.5 Å². The summed E-state index contributed by atoms with van der Waals surface area (Å²) in [5.74, 6) is 0.287. The average molecular weight is 202 g/mol. The van der Waals surface area contributed by atoms with Gasteiger partial charge in [0.15, 0.2) is 0 Å². The van der Waals surface area contributed by atoms with Crippen LogP contribution in [-0.2, 0) is 0 Å². The van der Waals surface area contributed by atoms with E-state index in [9.17, 15) is 5.11 Å². The maximum atomic E-state index is 9.20. The molecule has 2 rings (SSSR count). The van der Waals surface area contributed by atoms with E-state index in [2.05, 4.69) is 11.0 Å². The molecule has 0 saturated carbocycles. The van der Waals surface area contributed by atoms with E-state index in [0.29, 0.717) is 12.5 Å². The van der Waals surface area contributed by atoms with Crippen LogP contribution >= 0.6 is 0 Å². The summed E-state index contributed by atoms with van der Waals surface area (Å²) in [5.41, 5.74) is 1.10. The number of hydrogen-bond donors (Lipinski definition) is 1. The number of benzene rings is 1. The fraction of sp³-hybridized carbons (Fsp3) is 0.417. The SMILES string of the molecule is N#CCC1CCCN1c1ccc(O)cc1. The second-order valence-corrected chi connectivity index (χ2v) is 3.87. The second-order valence-electron chi connectivity index (χ2n) is 3.87.